The summed E-state index contributed by atoms with van der Waals surface area (Å²) < 4.78 is 11.9. The van der Waals surface area contributed by atoms with E-state index in [-0.39, 0.29) is 24.1 Å². The van der Waals surface area contributed by atoms with Crippen LogP contribution in [-0.4, -0.2) is 47.9 Å². The second-order valence-corrected chi connectivity index (χ2v) is 9.77. The molecular formula is C31H26N2O3. The van der Waals surface area contributed by atoms with E-state index in [1.807, 2.05) is 23.4 Å². The fourth-order valence-electron chi connectivity index (χ4n) is 6.12. The number of carbonyl (C=O) groups excluding carboxylic acids is 1. The number of fused-ring (bicyclic) bond motifs is 6. The molecule has 2 bridgehead atoms. The van der Waals surface area contributed by atoms with Crippen LogP contribution < -0.4 is 0 Å². The van der Waals surface area contributed by atoms with E-state index in [9.17, 15) is 4.79 Å². The maximum absolute atomic E-state index is 13.5. The third-order valence-electron chi connectivity index (χ3n) is 7.76. The molecule has 2 aliphatic heterocycles. The van der Waals surface area contributed by atoms with Gasteiger partial charge in [0, 0.05) is 29.3 Å². The lowest BCUT2D eigenvalue weighted by Gasteiger charge is -2.44. The zero-order chi connectivity index (χ0) is 24.1. The molecule has 0 spiro atoms. The van der Waals surface area contributed by atoms with E-state index in [0.717, 1.165) is 17.4 Å². The van der Waals surface area contributed by atoms with Crippen molar-refractivity contribution in [1.82, 2.24) is 9.88 Å². The highest BCUT2D eigenvalue weighted by Crippen LogP contribution is 2.45. The summed E-state index contributed by atoms with van der Waals surface area (Å²) in [7, 11) is 0. The van der Waals surface area contributed by atoms with Gasteiger partial charge in [-0.2, -0.15) is 0 Å². The van der Waals surface area contributed by atoms with Gasteiger partial charge in [0.15, 0.2) is 0 Å². The van der Waals surface area contributed by atoms with Crippen LogP contribution in [-0.2, 0) is 9.47 Å². The quantitative estimate of drug-likeness (QED) is 0.363. The van der Waals surface area contributed by atoms with Crippen molar-refractivity contribution in [1.29, 1.82) is 0 Å². The van der Waals surface area contributed by atoms with Crippen molar-refractivity contribution in [2.75, 3.05) is 19.8 Å². The smallest absolute Gasteiger partial charge is 0.410 e. The lowest BCUT2D eigenvalue weighted by Crippen LogP contribution is -2.56. The van der Waals surface area contributed by atoms with Crippen LogP contribution in [0.5, 0.6) is 0 Å². The number of rotatable bonds is 3. The Kier molecular flexibility index (Phi) is 5.10. The van der Waals surface area contributed by atoms with Crippen molar-refractivity contribution in [3.63, 3.8) is 0 Å². The summed E-state index contributed by atoms with van der Waals surface area (Å²) in [6.07, 6.45) is 6.46. The van der Waals surface area contributed by atoms with E-state index in [0.29, 0.717) is 19.8 Å². The first-order valence-corrected chi connectivity index (χ1v) is 12.5. The predicted octanol–water partition coefficient (Wildman–Crippen LogP) is 6.04. The number of amides is 1. The highest BCUT2D eigenvalue weighted by molar-refractivity contribution is 5.93. The van der Waals surface area contributed by atoms with Crippen LogP contribution in [0.2, 0.25) is 0 Å². The van der Waals surface area contributed by atoms with Crippen LogP contribution in [0.4, 0.5) is 4.79 Å². The average Bonchev–Trinajstić information content (AvgIpc) is 3.24. The number of aromatic nitrogens is 1. The molecule has 5 nitrogen and oxygen atoms in total. The molecule has 178 valence electrons. The molecule has 3 heterocycles. The average molecular weight is 475 g/mol. The number of hydrogen-bond acceptors (Lipinski definition) is 4. The first kappa shape index (κ1) is 21.3. The lowest BCUT2D eigenvalue weighted by molar-refractivity contribution is -0.0331. The topological polar surface area (TPSA) is 51.7 Å². The molecule has 1 aliphatic carbocycles. The van der Waals surface area contributed by atoms with Gasteiger partial charge in [0.05, 0.1) is 25.3 Å². The molecule has 7 rings (SSSR count). The fraction of sp³-hybridized carbons (Fsp3) is 0.226. The molecule has 1 fully saturated rings. The summed E-state index contributed by atoms with van der Waals surface area (Å²) >= 11 is 0. The molecule has 0 N–H and O–H groups in total. The largest absolute Gasteiger partial charge is 0.448 e. The Hall–Kier alpha value is -3.96. The van der Waals surface area contributed by atoms with E-state index in [2.05, 4.69) is 77.8 Å². The van der Waals surface area contributed by atoms with Crippen molar-refractivity contribution in [3.05, 3.63) is 108 Å². The molecule has 36 heavy (non-hydrogen) atoms. The van der Waals surface area contributed by atoms with Gasteiger partial charge in [0.1, 0.15) is 6.61 Å². The molecule has 3 aliphatic rings. The van der Waals surface area contributed by atoms with Gasteiger partial charge in [0.2, 0.25) is 0 Å². The molecule has 1 amide bonds. The van der Waals surface area contributed by atoms with Gasteiger partial charge < -0.3 is 9.47 Å². The van der Waals surface area contributed by atoms with Crippen LogP contribution in [0.15, 0.2) is 91.3 Å². The van der Waals surface area contributed by atoms with E-state index in [1.54, 1.807) is 0 Å². The summed E-state index contributed by atoms with van der Waals surface area (Å²) in [5.74, 6) is 0.0510. The van der Waals surface area contributed by atoms with Gasteiger partial charge in [0.25, 0.3) is 0 Å². The van der Waals surface area contributed by atoms with Gasteiger partial charge in [-0.3, -0.25) is 9.88 Å². The number of benzene rings is 3. The Balaban J connectivity index is 1.14. The normalized spacial score (nSPS) is 20.6. The Bertz CT molecular complexity index is 1460. The SMILES string of the molecule is O=C(OCC1c2ccccc2-c2ccccc21)N1C2C=C(c3cncc4ccccc34)CC1COC2. The molecular weight excluding hydrogens is 448 g/mol. The molecule has 5 heteroatoms. The maximum Gasteiger partial charge on any atom is 0.410 e. The number of morpholine rings is 1. The minimum Gasteiger partial charge on any atom is -0.448 e. The van der Waals surface area contributed by atoms with Crippen molar-refractivity contribution < 1.29 is 14.3 Å². The van der Waals surface area contributed by atoms with Crippen molar-refractivity contribution >= 4 is 22.4 Å². The van der Waals surface area contributed by atoms with E-state index in [4.69, 9.17) is 9.47 Å². The number of hydrogen-bond donors (Lipinski definition) is 0. The van der Waals surface area contributed by atoms with Crippen LogP contribution in [0, 0.1) is 0 Å². The third-order valence-corrected chi connectivity index (χ3v) is 7.76. The number of ether oxygens (including phenoxy) is 2. The van der Waals surface area contributed by atoms with Gasteiger partial charge in [-0.05, 0) is 39.6 Å². The Labute approximate surface area is 210 Å². The molecule has 0 saturated carbocycles. The number of nitrogens with zero attached hydrogens (tertiary/aromatic N) is 2. The van der Waals surface area contributed by atoms with Crippen molar-refractivity contribution in [3.8, 4) is 11.1 Å². The molecule has 2 atom stereocenters. The molecule has 0 radical (unpaired) electrons. The zero-order valence-electron chi connectivity index (χ0n) is 19.8. The highest BCUT2D eigenvalue weighted by Gasteiger charge is 2.40. The summed E-state index contributed by atoms with van der Waals surface area (Å²) in [4.78, 5) is 19.8. The standard InChI is InChI=1S/C31H26N2O3/c34-31(36-19-30-27-11-5-3-9-25(27)26-10-4-6-12-28(26)30)33-22-13-21(14-23(33)18-35-17-22)29-16-32-15-20-7-1-2-8-24(20)29/h1-13,15-16,22-23,30H,14,17-19H2. The summed E-state index contributed by atoms with van der Waals surface area (Å²) in [5.41, 5.74) is 7.26. The van der Waals surface area contributed by atoms with Gasteiger partial charge >= 0.3 is 6.09 Å². The molecule has 4 aromatic rings. The van der Waals surface area contributed by atoms with Gasteiger partial charge in [-0.25, -0.2) is 4.79 Å². The Morgan fingerprint density at radius 1 is 0.889 bits per heavy atom. The van der Waals surface area contributed by atoms with E-state index >= 15 is 0 Å². The van der Waals surface area contributed by atoms with Crippen LogP contribution in [0.1, 0.15) is 29.0 Å². The third kappa shape index (κ3) is 3.42. The van der Waals surface area contributed by atoms with E-state index < -0.39 is 0 Å². The fourth-order valence-corrected chi connectivity index (χ4v) is 6.12. The van der Waals surface area contributed by atoms with Crippen molar-refractivity contribution in [2.24, 2.45) is 0 Å². The van der Waals surface area contributed by atoms with Gasteiger partial charge in [-0.1, -0.05) is 78.9 Å². The number of carbonyl (C=O) groups is 1. The van der Waals surface area contributed by atoms with Gasteiger partial charge in [-0.15, -0.1) is 0 Å². The summed E-state index contributed by atoms with van der Waals surface area (Å²) in [6, 6.07) is 24.9. The lowest BCUT2D eigenvalue weighted by atomic mass is 9.89. The van der Waals surface area contributed by atoms with Crippen LogP contribution >= 0.6 is 0 Å². The Morgan fingerprint density at radius 2 is 1.61 bits per heavy atom. The minimum atomic E-state index is -0.262. The first-order valence-electron chi connectivity index (χ1n) is 12.5. The highest BCUT2D eigenvalue weighted by atomic mass is 16.6. The minimum absolute atomic E-state index is 0.0510. The Morgan fingerprint density at radius 3 is 2.39 bits per heavy atom. The molecule has 1 saturated heterocycles. The molecule has 2 unspecified atom stereocenters. The molecule has 3 aromatic carbocycles. The second kappa shape index (κ2) is 8.61. The van der Waals surface area contributed by atoms with Crippen LogP contribution in [0.3, 0.4) is 0 Å². The molecule has 1 aromatic heterocycles. The first-order chi connectivity index (χ1) is 17.8. The summed E-state index contributed by atoms with van der Waals surface area (Å²) in [6.45, 7) is 1.31. The second-order valence-electron chi connectivity index (χ2n) is 9.77. The maximum atomic E-state index is 13.5. The summed E-state index contributed by atoms with van der Waals surface area (Å²) in [5, 5.41) is 2.31. The monoisotopic (exact) mass is 474 g/mol. The van der Waals surface area contributed by atoms with Crippen molar-refractivity contribution in [2.45, 2.75) is 24.4 Å². The number of pyridine rings is 1. The predicted molar refractivity (Wildman–Crippen MR) is 140 cm³/mol. The zero-order valence-corrected chi connectivity index (χ0v) is 19.8. The van der Waals surface area contributed by atoms with Crippen LogP contribution in [0.25, 0.3) is 27.5 Å². The van der Waals surface area contributed by atoms with E-state index in [1.165, 1.54) is 33.2 Å².